The number of aromatic nitrogens is 3. The lowest BCUT2D eigenvalue weighted by atomic mass is 10.0. The van der Waals surface area contributed by atoms with E-state index in [-0.39, 0.29) is 0 Å². The summed E-state index contributed by atoms with van der Waals surface area (Å²) in [4.78, 5) is 15.8. The number of aryl methyl sites for hydroxylation is 3. The molecule has 0 aliphatic carbocycles. The Kier molecular flexibility index (Phi) is 3.38. The minimum atomic E-state index is 0.505. The Balaban J connectivity index is 1.79. The van der Waals surface area contributed by atoms with Crippen LogP contribution < -0.4 is 4.90 Å². The van der Waals surface area contributed by atoms with Gasteiger partial charge in [-0.2, -0.15) is 0 Å². The first-order valence-electron chi connectivity index (χ1n) is 7.11. The molecule has 1 aliphatic heterocycles. The van der Waals surface area contributed by atoms with Crippen molar-refractivity contribution in [2.75, 3.05) is 18.0 Å². The van der Waals surface area contributed by atoms with E-state index in [1.54, 1.807) is 0 Å². The Morgan fingerprint density at radius 3 is 2.75 bits per heavy atom. The molecule has 1 fully saturated rings. The van der Waals surface area contributed by atoms with E-state index in [0.29, 0.717) is 5.92 Å². The van der Waals surface area contributed by atoms with Crippen LogP contribution in [-0.4, -0.2) is 28.0 Å². The molecular weight excluding hydrogens is 248 g/mol. The van der Waals surface area contributed by atoms with E-state index in [2.05, 4.69) is 38.9 Å². The molecule has 3 rings (SSSR count). The predicted molar refractivity (Wildman–Crippen MR) is 80.1 cm³/mol. The van der Waals surface area contributed by atoms with Crippen LogP contribution in [0.25, 0.3) is 0 Å². The smallest absolute Gasteiger partial charge is 0.132 e. The molecule has 0 unspecified atom stereocenters. The Bertz CT molecular complexity index is 603. The van der Waals surface area contributed by atoms with E-state index in [4.69, 9.17) is 0 Å². The molecule has 0 bridgehead atoms. The van der Waals surface area contributed by atoms with Crippen LogP contribution in [-0.2, 0) is 0 Å². The van der Waals surface area contributed by atoms with E-state index in [9.17, 15) is 0 Å². The van der Waals surface area contributed by atoms with Crippen LogP contribution in [0, 0.1) is 20.8 Å². The minimum Gasteiger partial charge on any atom is -0.356 e. The van der Waals surface area contributed by atoms with Crippen LogP contribution in [0.2, 0.25) is 0 Å². The number of hydrogen-bond donors (Lipinski definition) is 0. The lowest BCUT2D eigenvalue weighted by molar-refractivity contribution is 0.742. The summed E-state index contributed by atoms with van der Waals surface area (Å²) < 4.78 is 0. The van der Waals surface area contributed by atoms with Gasteiger partial charge in [0.25, 0.3) is 0 Å². The summed E-state index contributed by atoms with van der Waals surface area (Å²) in [5.41, 5.74) is 3.52. The lowest BCUT2D eigenvalue weighted by Crippen LogP contribution is -2.21. The van der Waals surface area contributed by atoms with Crippen molar-refractivity contribution in [2.45, 2.75) is 33.1 Å². The molecule has 0 amide bonds. The van der Waals surface area contributed by atoms with Gasteiger partial charge in [0, 0.05) is 42.7 Å². The zero-order valence-corrected chi connectivity index (χ0v) is 12.3. The van der Waals surface area contributed by atoms with Gasteiger partial charge < -0.3 is 4.90 Å². The fourth-order valence-electron chi connectivity index (χ4n) is 2.85. The number of pyridine rings is 1. The van der Waals surface area contributed by atoms with Gasteiger partial charge in [-0.25, -0.2) is 9.97 Å². The summed E-state index contributed by atoms with van der Waals surface area (Å²) in [6, 6.07) is 6.32. The van der Waals surface area contributed by atoms with Gasteiger partial charge in [0.2, 0.25) is 0 Å². The second kappa shape index (κ2) is 5.19. The van der Waals surface area contributed by atoms with Gasteiger partial charge in [-0.3, -0.25) is 4.98 Å². The molecule has 2 aromatic rings. The second-order valence-corrected chi connectivity index (χ2v) is 5.60. The van der Waals surface area contributed by atoms with Crippen LogP contribution in [0.1, 0.15) is 35.1 Å². The maximum Gasteiger partial charge on any atom is 0.132 e. The zero-order chi connectivity index (χ0) is 14.1. The molecule has 0 aromatic carbocycles. The molecule has 4 nitrogen and oxygen atoms in total. The molecule has 1 saturated heterocycles. The van der Waals surface area contributed by atoms with Gasteiger partial charge in [-0.1, -0.05) is 0 Å². The maximum absolute atomic E-state index is 4.56. The highest BCUT2D eigenvalue weighted by molar-refractivity contribution is 5.42. The van der Waals surface area contributed by atoms with Crippen molar-refractivity contribution in [1.29, 1.82) is 0 Å². The summed E-state index contributed by atoms with van der Waals surface area (Å²) in [5.74, 6) is 2.40. The molecule has 104 valence electrons. The maximum atomic E-state index is 4.56. The summed E-state index contributed by atoms with van der Waals surface area (Å²) in [7, 11) is 0. The summed E-state index contributed by atoms with van der Waals surface area (Å²) in [5, 5.41) is 0. The van der Waals surface area contributed by atoms with E-state index in [1.165, 1.54) is 11.3 Å². The number of nitrogens with zero attached hydrogens (tertiary/aromatic N) is 4. The van der Waals surface area contributed by atoms with E-state index in [1.807, 2.05) is 26.1 Å². The molecule has 1 aliphatic rings. The average molecular weight is 268 g/mol. The summed E-state index contributed by atoms with van der Waals surface area (Å²) in [6.07, 6.45) is 3.05. The molecular formula is C16H20N4. The largest absolute Gasteiger partial charge is 0.356 e. The molecule has 2 aromatic heterocycles. The highest BCUT2D eigenvalue weighted by Gasteiger charge is 2.26. The molecule has 3 heterocycles. The van der Waals surface area contributed by atoms with E-state index < -0.39 is 0 Å². The van der Waals surface area contributed by atoms with Crippen molar-refractivity contribution in [1.82, 2.24) is 15.0 Å². The number of rotatable bonds is 2. The summed E-state index contributed by atoms with van der Waals surface area (Å²) in [6.45, 7) is 8.12. The molecule has 0 radical (unpaired) electrons. The molecule has 4 heteroatoms. The van der Waals surface area contributed by atoms with Crippen molar-refractivity contribution in [2.24, 2.45) is 0 Å². The fraction of sp³-hybridized carbons (Fsp3) is 0.438. The third kappa shape index (κ3) is 2.64. The van der Waals surface area contributed by atoms with Crippen molar-refractivity contribution in [3.63, 3.8) is 0 Å². The van der Waals surface area contributed by atoms with Gasteiger partial charge in [-0.15, -0.1) is 0 Å². The Hall–Kier alpha value is -1.97. The first-order chi connectivity index (χ1) is 9.61. The van der Waals surface area contributed by atoms with Crippen LogP contribution in [0.3, 0.4) is 0 Å². The average Bonchev–Trinajstić information content (AvgIpc) is 2.87. The quantitative estimate of drug-likeness (QED) is 0.840. The first-order valence-corrected chi connectivity index (χ1v) is 7.11. The number of hydrogen-bond acceptors (Lipinski definition) is 4. The predicted octanol–water partition coefficient (Wildman–Crippen LogP) is 2.79. The van der Waals surface area contributed by atoms with E-state index >= 15 is 0 Å². The standard InChI is InChI=1S/C16H20N4/c1-11-4-6-17-15(8-11)14-5-7-20(10-14)16-9-12(2)18-13(3)19-16/h4,6,8-9,14H,5,7,10H2,1-3H3/t14-/m1/s1. The minimum absolute atomic E-state index is 0.505. The first kappa shape index (κ1) is 13.0. The molecule has 0 spiro atoms. The normalized spacial score (nSPS) is 18.6. The lowest BCUT2D eigenvalue weighted by Gasteiger charge is -2.18. The fourth-order valence-corrected chi connectivity index (χ4v) is 2.85. The topological polar surface area (TPSA) is 41.9 Å². The zero-order valence-electron chi connectivity index (χ0n) is 12.3. The second-order valence-electron chi connectivity index (χ2n) is 5.60. The van der Waals surface area contributed by atoms with Crippen molar-refractivity contribution in [3.05, 3.63) is 47.2 Å². The van der Waals surface area contributed by atoms with Gasteiger partial charge >= 0.3 is 0 Å². The van der Waals surface area contributed by atoms with Crippen molar-refractivity contribution < 1.29 is 0 Å². The SMILES string of the molecule is Cc1ccnc([C@@H]2CCN(c3cc(C)nc(C)n3)C2)c1. The van der Waals surface area contributed by atoms with Gasteiger partial charge in [0.05, 0.1) is 0 Å². The molecule has 20 heavy (non-hydrogen) atoms. The Morgan fingerprint density at radius 1 is 1.15 bits per heavy atom. The molecule has 1 atom stereocenters. The number of anilines is 1. The highest BCUT2D eigenvalue weighted by Crippen LogP contribution is 2.29. The van der Waals surface area contributed by atoms with Crippen molar-refractivity contribution in [3.8, 4) is 0 Å². The van der Waals surface area contributed by atoms with Crippen LogP contribution >= 0.6 is 0 Å². The monoisotopic (exact) mass is 268 g/mol. The Labute approximate surface area is 119 Å². The van der Waals surface area contributed by atoms with E-state index in [0.717, 1.165) is 36.8 Å². The highest BCUT2D eigenvalue weighted by atomic mass is 15.2. The van der Waals surface area contributed by atoms with Gasteiger partial charge in [-0.05, 0) is 44.9 Å². The van der Waals surface area contributed by atoms with Crippen LogP contribution in [0.15, 0.2) is 24.4 Å². The molecule has 0 N–H and O–H groups in total. The molecule has 0 saturated carbocycles. The summed E-state index contributed by atoms with van der Waals surface area (Å²) >= 11 is 0. The van der Waals surface area contributed by atoms with Crippen molar-refractivity contribution >= 4 is 5.82 Å². The third-order valence-electron chi connectivity index (χ3n) is 3.82. The van der Waals surface area contributed by atoms with Crippen LogP contribution in [0.5, 0.6) is 0 Å². The van der Waals surface area contributed by atoms with Crippen LogP contribution in [0.4, 0.5) is 5.82 Å². The van der Waals surface area contributed by atoms with Gasteiger partial charge in [0.1, 0.15) is 11.6 Å². The van der Waals surface area contributed by atoms with Gasteiger partial charge in [0.15, 0.2) is 0 Å². The third-order valence-corrected chi connectivity index (χ3v) is 3.82. The Morgan fingerprint density at radius 2 is 2.00 bits per heavy atom.